The molecule has 0 amide bonds. The van der Waals surface area contributed by atoms with Crippen LogP contribution in [0.15, 0.2) is 24.3 Å². The van der Waals surface area contributed by atoms with Crippen LogP contribution >= 0.6 is 0 Å². The van der Waals surface area contributed by atoms with Crippen molar-refractivity contribution < 1.29 is 9.47 Å². The van der Waals surface area contributed by atoms with E-state index in [1.54, 1.807) is 0 Å². The molecule has 0 aliphatic heterocycles. The molecule has 0 unspecified atom stereocenters. The summed E-state index contributed by atoms with van der Waals surface area (Å²) in [4.78, 5) is 0. The number of rotatable bonds is 6. The van der Waals surface area contributed by atoms with Crippen LogP contribution in [0.3, 0.4) is 0 Å². The van der Waals surface area contributed by atoms with Crippen molar-refractivity contribution in [2.24, 2.45) is 5.92 Å². The summed E-state index contributed by atoms with van der Waals surface area (Å²) < 4.78 is 11.5. The highest BCUT2D eigenvalue weighted by Crippen LogP contribution is 2.25. The SMILES string of the molecule is CC1CCC(OCCCOc2ccc(N)cc2)CC1. The molecular formula is C16H25NO2. The molecule has 1 aromatic rings. The maximum Gasteiger partial charge on any atom is 0.119 e. The summed E-state index contributed by atoms with van der Waals surface area (Å²) in [6.07, 6.45) is 6.49. The summed E-state index contributed by atoms with van der Waals surface area (Å²) in [7, 11) is 0. The number of hydrogen-bond donors (Lipinski definition) is 1. The van der Waals surface area contributed by atoms with Crippen LogP contribution in [0, 0.1) is 5.92 Å². The van der Waals surface area contributed by atoms with Crippen molar-refractivity contribution >= 4 is 5.69 Å². The Labute approximate surface area is 116 Å². The van der Waals surface area contributed by atoms with Crippen molar-refractivity contribution in [1.82, 2.24) is 0 Å². The molecule has 1 saturated carbocycles. The summed E-state index contributed by atoms with van der Waals surface area (Å²) in [5.41, 5.74) is 6.39. The maximum absolute atomic E-state index is 5.89. The van der Waals surface area contributed by atoms with E-state index in [1.165, 1.54) is 25.7 Å². The second-order valence-corrected chi connectivity index (χ2v) is 5.52. The van der Waals surface area contributed by atoms with Gasteiger partial charge in [-0.1, -0.05) is 6.92 Å². The molecule has 1 aliphatic carbocycles. The Kier molecular flexibility index (Phi) is 5.52. The maximum atomic E-state index is 5.89. The van der Waals surface area contributed by atoms with E-state index in [0.29, 0.717) is 12.7 Å². The number of hydrogen-bond acceptors (Lipinski definition) is 3. The molecule has 0 aromatic heterocycles. The molecule has 2 N–H and O–H groups in total. The lowest BCUT2D eigenvalue weighted by Gasteiger charge is -2.26. The van der Waals surface area contributed by atoms with Crippen molar-refractivity contribution in [3.05, 3.63) is 24.3 Å². The first-order valence-corrected chi connectivity index (χ1v) is 7.34. The Balaban J connectivity index is 1.53. The van der Waals surface area contributed by atoms with Crippen molar-refractivity contribution in [2.45, 2.75) is 45.1 Å². The van der Waals surface area contributed by atoms with E-state index in [9.17, 15) is 0 Å². The number of ether oxygens (including phenoxy) is 2. The average molecular weight is 263 g/mol. The molecule has 0 saturated heterocycles. The molecule has 1 aromatic carbocycles. The zero-order valence-corrected chi connectivity index (χ0v) is 11.8. The van der Waals surface area contributed by atoms with Crippen molar-refractivity contribution in [3.63, 3.8) is 0 Å². The van der Waals surface area contributed by atoms with Crippen molar-refractivity contribution in [3.8, 4) is 5.75 Å². The lowest BCUT2D eigenvalue weighted by molar-refractivity contribution is 0.0146. The van der Waals surface area contributed by atoms with Crippen LogP contribution in [-0.4, -0.2) is 19.3 Å². The van der Waals surface area contributed by atoms with Gasteiger partial charge in [0, 0.05) is 12.1 Å². The number of nitrogens with two attached hydrogens (primary N) is 1. The molecule has 0 bridgehead atoms. The molecule has 19 heavy (non-hydrogen) atoms. The van der Waals surface area contributed by atoms with Crippen molar-refractivity contribution in [2.75, 3.05) is 18.9 Å². The zero-order chi connectivity index (χ0) is 13.5. The standard InChI is InChI=1S/C16H25NO2/c1-13-3-7-15(8-4-13)18-11-2-12-19-16-9-5-14(17)6-10-16/h5-6,9-10,13,15H,2-4,7-8,11-12,17H2,1H3. The van der Waals surface area contributed by atoms with E-state index in [-0.39, 0.29) is 0 Å². The van der Waals surface area contributed by atoms with Gasteiger partial charge in [0.05, 0.1) is 19.3 Å². The average Bonchev–Trinajstić information content (AvgIpc) is 2.43. The first kappa shape index (κ1) is 14.2. The molecule has 2 rings (SSSR count). The molecule has 106 valence electrons. The second-order valence-electron chi connectivity index (χ2n) is 5.52. The predicted molar refractivity (Wildman–Crippen MR) is 78.3 cm³/mol. The van der Waals surface area contributed by atoms with Gasteiger partial charge in [0.2, 0.25) is 0 Å². The van der Waals surface area contributed by atoms with Gasteiger partial charge in [-0.25, -0.2) is 0 Å². The fraction of sp³-hybridized carbons (Fsp3) is 0.625. The molecule has 3 nitrogen and oxygen atoms in total. The monoisotopic (exact) mass is 263 g/mol. The zero-order valence-electron chi connectivity index (χ0n) is 11.8. The highest BCUT2D eigenvalue weighted by Gasteiger charge is 2.18. The Bertz CT molecular complexity index is 356. The van der Waals surface area contributed by atoms with Gasteiger partial charge >= 0.3 is 0 Å². The van der Waals surface area contributed by atoms with Gasteiger partial charge in [0.25, 0.3) is 0 Å². The molecule has 3 heteroatoms. The number of anilines is 1. The van der Waals surface area contributed by atoms with Crippen LogP contribution in [0.4, 0.5) is 5.69 Å². The smallest absolute Gasteiger partial charge is 0.119 e. The molecule has 0 spiro atoms. The number of benzene rings is 1. The van der Waals surface area contributed by atoms with Crippen LogP contribution < -0.4 is 10.5 Å². The highest BCUT2D eigenvalue weighted by molar-refractivity contribution is 5.41. The third-order valence-corrected chi connectivity index (χ3v) is 3.75. The largest absolute Gasteiger partial charge is 0.494 e. The minimum atomic E-state index is 0.479. The van der Waals surface area contributed by atoms with Gasteiger partial charge in [0.1, 0.15) is 5.75 Å². The van der Waals surface area contributed by atoms with Gasteiger partial charge in [0.15, 0.2) is 0 Å². The Morgan fingerprint density at radius 3 is 2.42 bits per heavy atom. The lowest BCUT2D eigenvalue weighted by atomic mass is 9.89. The van der Waals surface area contributed by atoms with Gasteiger partial charge in [-0.05, 0) is 55.9 Å². The fourth-order valence-electron chi connectivity index (χ4n) is 2.46. The molecule has 1 aliphatic rings. The predicted octanol–water partition coefficient (Wildman–Crippen LogP) is 3.63. The Hall–Kier alpha value is -1.22. The molecule has 0 radical (unpaired) electrons. The number of nitrogen functional groups attached to an aromatic ring is 1. The summed E-state index contributed by atoms with van der Waals surface area (Å²) in [5.74, 6) is 1.76. The highest BCUT2D eigenvalue weighted by atomic mass is 16.5. The quantitative estimate of drug-likeness (QED) is 0.629. The van der Waals surface area contributed by atoms with Crippen LogP contribution in [-0.2, 0) is 4.74 Å². The summed E-state index contributed by atoms with van der Waals surface area (Å²) in [6, 6.07) is 7.52. The van der Waals surface area contributed by atoms with E-state index < -0.39 is 0 Å². The fourth-order valence-corrected chi connectivity index (χ4v) is 2.46. The Morgan fingerprint density at radius 2 is 1.74 bits per heavy atom. The lowest BCUT2D eigenvalue weighted by Crippen LogP contribution is -2.21. The molecule has 0 heterocycles. The van der Waals surface area contributed by atoms with Gasteiger partial charge in [-0.3, -0.25) is 0 Å². The molecular weight excluding hydrogens is 238 g/mol. The van der Waals surface area contributed by atoms with Gasteiger partial charge < -0.3 is 15.2 Å². The molecule has 1 fully saturated rings. The summed E-state index contributed by atoms with van der Waals surface area (Å²) in [6.45, 7) is 3.83. The minimum Gasteiger partial charge on any atom is -0.494 e. The van der Waals surface area contributed by atoms with E-state index in [0.717, 1.165) is 30.4 Å². The first-order chi connectivity index (χ1) is 9.24. The third-order valence-electron chi connectivity index (χ3n) is 3.75. The summed E-state index contributed by atoms with van der Waals surface area (Å²) in [5, 5.41) is 0. The van der Waals surface area contributed by atoms with Gasteiger partial charge in [-0.15, -0.1) is 0 Å². The van der Waals surface area contributed by atoms with E-state index in [2.05, 4.69) is 6.92 Å². The normalized spacial score (nSPS) is 23.2. The molecule has 0 atom stereocenters. The van der Waals surface area contributed by atoms with Crippen LogP contribution in [0.25, 0.3) is 0 Å². The Morgan fingerprint density at radius 1 is 1.05 bits per heavy atom. The van der Waals surface area contributed by atoms with E-state index >= 15 is 0 Å². The van der Waals surface area contributed by atoms with E-state index in [4.69, 9.17) is 15.2 Å². The van der Waals surface area contributed by atoms with Crippen LogP contribution in [0.5, 0.6) is 5.75 Å². The second kappa shape index (κ2) is 7.39. The van der Waals surface area contributed by atoms with Gasteiger partial charge in [-0.2, -0.15) is 0 Å². The first-order valence-electron chi connectivity index (χ1n) is 7.34. The minimum absolute atomic E-state index is 0.479. The third kappa shape index (κ3) is 5.11. The van der Waals surface area contributed by atoms with Crippen molar-refractivity contribution in [1.29, 1.82) is 0 Å². The van der Waals surface area contributed by atoms with Crippen LogP contribution in [0.1, 0.15) is 39.0 Å². The van der Waals surface area contributed by atoms with Crippen LogP contribution in [0.2, 0.25) is 0 Å². The summed E-state index contributed by atoms with van der Waals surface area (Å²) >= 11 is 0. The van der Waals surface area contributed by atoms with E-state index in [1.807, 2.05) is 24.3 Å². The topological polar surface area (TPSA) is 44.5 Å².